The average molecular weight is 326 g/mol. The number of esters is 1. The number of ether oxygens (including phenoxy) is 2. The minimum atomic E-state index is -0.360. The Labute approximate surface area is 142 Å². The number of nitrogens with zero attached hydrogens (tertiary/aromatic N) is 2. The van der Waals surface area contributed by atoms with E-state index in [0.717, 1.165) is 24.5 Å². The normalized spacial score (nSPS) is 20.7. The van der Waals surface area contributed by atoms with E-state index in [-0.39, 0.29) is 24.8 Å². The van der Waals surface area contributed by atoms with E-state index in [0.29, 0.717) is 5.56 Å². The lowest BCUT2D eigenvalue weighted by Crippen LogP contribution is -2.45. The summed E-state index contributed by atoms with van der Waals surface area (Å²) >= 11 is 0. The molecule has 1 aromatic carbocycles. The van der Waals surface area contributed by atoms with Crippen LogP contribution in [0.15, 0.2) is 48.7 Å². The molecule has 0 bridgehead atoms. The Morgan fingerprint density at radius 2 is 1.88 bits per heavy atom. The third kappa shape index (κ3) is 4.11. The fourth-order valence-electron chi connectivity index (χ4n) is 2.87. The van der Waals surface area contributed by atoms with Gasteiger partial charge in [-0.25, -0.2) is 9.78 Å². The van der Waals surface area contributed by atoms with Crippen LogP contribution in [-0.4, -0.2) is 36.3 Å². The fourth-order valence-corrected chi connectivity index (χ4v) is 2.87. The van der Waals surface area contributed by atoms with Gasteiger partial charge in [0, 0.05) is 19.3 Å². The summed E-state index contributed by atoms with van der Waals surface area (Å²) in [5, 5.41) is 0. The van der Waals surface area contributed by atoms with E-state index in [1.165, 1.54) is 0 Å². The van der Waals surface area contributed by atoms with Crippen molar-refractivity contribution < 1.29 is 14.3 Å². The van der Waals surface area contributed by atoms with E-state index in [1.807, 2.05) is 36.4 Å². The molecule has 24 heavy (non-hydrogen) atoms. The van der Waals surface area contributed by atoms with Crippen molar-refractivity contribution in [3.8, 4) is 0 Å². The summed E-state index contributed by atoms with van der Waals surface area (Å²) in [5.74, 6) is 0.498. The second-order valence-electron chi connectivity index (χ2n) is 6.13. The van der Waals surface area contributed by atoms with Gasteiger partial charge in [0.2, 0.25) is 0 Å². The van der Waals surface area contributed by atoms with Crippen LogP contribution in [0.1, 0.15) is 29.8 Å². The maximum atomic E-state index is 12.1. The Balaban J connectivity index is 1.60. The molecule has 0 saturated carbocycles. The van der Waals surface area contributed by atoms with Gasteiger partial charge in [-0.3, -0.25) is 0 Å². The minimum Gasteiger partial charge on any atom is -0.457 e. The highest BCUT2D eigenvalue weighted by atomic mass is 16.5. The number of anilines is 1. The molecular formula is C19H22N2O3. The van der Waals surface area contributed by atoms with Crippen molar-refractivity contribution in [1.82, 2.24) is 4.98 Å². The lowest BCUT2D eigenvalue weighted by molar-refractivity contribution is -0.00547. The fraction of sp³-hybridized carbons (Fsp3) is 0.368. The van der Waals surface area contributed by atoms with Crippen LogP contribution < -0.4 is 4.90 Å². The summed E-state index contributed by atoms with van der Waals surface area (Å²) in [4.78, 5) is 18.7. The van der Waals surface area contributed by atoms with Crippen LogP contribution in [0.5, 0.6) is 0 Å². The predicted octanol–water partition coefficient (Wildman–Crippen LogP) is 3.05. The number of carbonyl (C=O) groups is 1. The van der Waals surface area contributed by atoms with Gasteiger partial charge in [-0.05, 0) is 31.5 Å². The van der Waals surface area contributed by atoms with Crippen molar-refractivity contribution in [1.29, 1.82) is 0 Å². The molecule has 3 rings (SSSR count). The zero-order chi connectivity index (χ0) is 16.9. The molecule has 1 aromatic heterocycles. The zero-order valence-electron chi connectivity index (χ0n) is 14.0. The van der Waals surface area contributed by atoms with Gasteiger partial charge >= 0.3 is 5.97 Å². The van der Waals surface area contributed by atoms with Gasteiger partial charge in [0.1, 0.15) is 12.4 Å². The van der Waals surface area contributed by atoms with Crippen LogP contribution in [0.25, 0.3) is 0 Å². The second kappa shape index (κ2) is 7.45. The van der Waals surface area contributed by atoms with E-state index >= 15 is 0 Å². The van der Waals surface area contributed by atoms with E-state index in [2.05, 4.69) is 23.7 Å². The highest BCUT2D eigenvalue weighted by Crippen LogP contribution is 2.18. The number of pyridine rings is 1. The van der Waals surface area contributed by atoms with E-state index < -0.39 is 0 Å². The van der Waals surface area contributed by atoms with Crippen molar-refractivity contribution in [3.63, 3.8) is 0 Å². The first-order valence-electron chi connectivity index (χ1n) is 8.19. The smallest absolute Gasteiger partial charge is 0.340 e. The van der Waals surface area contributed by atoms with Crippen LogP contribution in [0.4, 0.5) is 5.82 Å². The lowest BCUT2D eigenvalue weighted by atomic mass is 10.2. The first kappa shape index (κ1) is 16.5. The zero-order valence-corrected chi connectivity index (χ0v) is 14.0. The van der Waals surface area contributed by atoms with Crippen LogP contribution in [0, 0.1) is 0 Å². The number of hydrogen-bond donors (Lipinski definition) is 0. The molecule has 1 aliphatic rings. The van der Waals surface area contributed by atoms with Gasteiger partial charge in [0.15, 0.2) is 0 Å². The van der Waals surface area contributed by atoms with Crippen LogP contribution in [0.2, 0.25) is 0 Å². The molecule has 1 fully saturated rings. The molecule has 0 aliphatic carbocycles. The summed E-state index contributed by atoms with van der Waals surface area (Å²) in [6.45, 7) is 5.97. The standard InChI is InChI=1S/C19H22N2O3/c1-14-11-21(12-15(2)24-14)18-9-8-17(10-20-18)19(22)23-13-16-6-4-3-5-7-16/h3-10,14-15H,11-13H2,1-2H3/t14-,15+. The minimum absolute atomic E-state index is 0.172. The number of aromatic nitrogens is 1. The third-order valence-corrected chi connectivity index (χ3v) is 3.94. The van der Waals surface area contributed by atoms with Gasteiger partial charge < -0.3 is 14.4 Å². The topological polar surface area (TPSA) is 51.7 Å². The van der Waals surface area contributed by atoms with Crippen LogP contribution in [0.3, 0.4) is 0 Å². The Kier molecular flexibility index (Phi) is 5.11. The number of benzene rings is 1. The quantitative estimate of drug-likeness (QED) is 0.808. The van der Waals surface area contributed by atoms with Crippen LogP contribution in [-0.2, 0) is 16.1 Å². The highest BCUT2D eigenvalue weighted by Gasteiger charge is 2.23. The summed E-state index contributed by atoms with van der Waals surface area (Å²) < 4.78 is 11.1. The van der Waals surface area contributed by atoms with Crippen molar-refractivity contribution in [2.75, 3.05) is 18.0 Å². The average Bonchev–Trinajstić information content (AvgIpc) is 2.60. The van der Waals surface area contributed by atoms with Gasteiger partial charge in [-0.15, -0.1) is 0 Å². The first-order chi connectivity index (χ1) is 11.6. The lowest BCUT2D eigenvalue weighted by Gasteiger charge is -2.36. The molecule has 2 heterocycles. The molecule has 0 amide bonds. The van der Waals surface area contributed by atoms with Gasteiger partial charge in [0.05, 0.1) is 17.8 Å². The van der Waals surface area contributed by atoms with Crippen molar-refractivity contribution in [2.24, 2.45) is 0 Å². The second-order valence-corrected chi connectivity index (χ2v) is 6.13. The molecule has 5 heteroatoms. The predicted molar refractivity (Wildman–Crippen MR) is 92.0 cm³/mol. The Bertz CT molecular complexity index is 663. The molecule has 1 saturated heterocycles. The number of hydrogen-bond acceptors (Lipinski definition) is 5. The molecule has 0 radical (unpaired) electrons. The molecule has 2 atom stereocenters. The first-order valence-corrected chi connectivity index (χ1v) is 8.19. The molecule has 2 aromatic rings. The summed E-state index contributed by atoms with van der Waals surface area (Å²) in [7, 11) is 0. The Hall–Kier alpha value is -2.40. The largest absolute Gasteiger partial charge is 0.457 e. The SMILES string of the molecule is C[C@@H]1CN(c2ccc(C(=O)OCc3ccccc3)cn2)C[C@H](C)O1. The van der Waals surface area contributed by atoms with Gasteiger partial charge in [-0.2, -0.15) is 0 Å². The molecule has 0 spiro atoms. The van der Waals surface area contributed by atoms with Crippen molar-refractivity contribution >= 4 is 11.8 Å². The molecule has 1 aliphatic heterocycles. The molecular weight excluding hydrogens is 304 g/mol. The molecule has 0 unspecified atom stereocenters. The van der Waals surface area contributed by atoms with Crippen molar-refractivity contribution in [3.05, 3.63) is 59.8 Å². The molecule has 5 nitrogen and oxygen atoms in total. The Morgan fingerprint density at radius 1 is 1.17 bits per heavy atom. The van der Waals surface area contributed by atoms with Crippen molar-refractivity contribution in [2.45, 2.75) is 32.7 Å². The van der Waals surface area contributed by atoms with Gasteiger partial charge in [0.25, 0.3) is 0 Å². The monoisotopic (exact) mass is 326 g/mol. The number of morpholine rings is 1. The Morgan fingerprint density at radius 3 is 2.50 bits per heavy atom. The molecule has 0 N–H and O–H groups in total. The summed E-state index contributed by atoms with van der Waals surface area (Å²) in [6, 6.07) is 13.3. The molecule has 126 valence electrons. The van der Waals surface area contributed by atoms with E-state index in [1.54, 1.807) is 12.3 Å². The third-order valence-electron chi connectivity index (χ3n) is 3.94. The van der Waals surface area contributed by atoms with Crippen LogP contribution >= 0.6 is 0 Å². The maximum absolute atomic E-state index is 12.1. The summed E-state index contributed by atoms with van der Waals surface area (Å²) in [6.07, 6.45) is 1.92. The number of carbonyl (C=O) groups excluding carboxylic acids is 1. The summed E-state index contributed by atoms with van der Waals surface area (Å²) in [5.41, 5.74) is 1.43. The number of rotatable bonds is 4. The maximum Gasteiger partial charge on any atom is 0.340 e. The van der Waals surface area contributed by atoms with E-state index in [9.17, 15) is 4.79 Å². The van der Waals surface area contributed by atoms with E-state index in [4.69, 9.17) is 9.47 Å². The van der Waals surface area contributed by atoms with Gasteiger partial charge in [-0.1, -0.05) is 30.3 Å². The highest BCUT2D eigenvalue weighted by molar-refractivity contribution is 5.89.